The number of benzene rings is 2. The Hall–Kier alpha value is -4.11. The van der Waals surface area contributed by atoms with Gasteiger partial charge in [-0.3, -0.25) is 4.79 Å². The van der Waals surface area contributed by atoms with E-state index in [2.05, 4.69) is 15.2 Å². The highest BCUT2D eigenvalue weighted by Gasteiger charge is 2.19. The molecule has 0 radical (unpaired) electrons. The lowest BCUT2D eigenvalue weighted by Gasteiger charge is -2.03. The van der Waals surface area contributed by atoms with Gasteiger partial charge in [0.1, 0.15) is 17.9 Å². The van der Waals surface area contributed by atoms with E-state index in [0.29, 0.717) is 22.6 Å². The van der Waals surface area contributed by atoms with Crippen LogP contribution >= 0.6 is 0 Å². The number of hydrogen-bond donors (Lipinski definition) is 1. The predicted octanol–water partition coefficient (Wildman–Crippen LogP) is 3.20. The van der Waals surface area contributed by atoms with Gasteiger partial charge in [-0.1, -0.05) is 41.6 Å². The minimum atomic E-state index is -0.429. The Morgan fingerprint density at radius 3 is 2.75 bits per heavy atom. The Morgan fingerprint density at radius 2 is 1.97 bits per heavy atom. The Kier molecular flexibility index (Phi) is 4.87. The van der Waals surface area contributed by atoms with Gasteiger partial charge in [-0.05, 0) is 24.6 Å². The van der Waals surface area contributed by atoms with E-state index in [1.165, 1.54) is 21.2 Å². The highest BCUT2D eigenvalue weighted by atomic mass is 19.1. The van der Waals surface area contributed by atoms with Crippen LogP contribution < -0.4 is 5.56 Å². The summed E-state index contributed by atoms with van der Waals surface area (Å²) in [4.78, 5) is 17.6. The molecule has 0 saturated carbocycles. The summed E-state index contributed by atoms with van der Waals surface area (Å²) in [6, 6.07) is 13.5. The van der Waals surface area contributed by atoms with Crippen LogP contribution in [-0.4, -0.2) is 29.4 Å². The number of nitrogens with zero attached hydrogens (tertiary/aromatic N) is 5. The first-order valence-electron chi connectivity index (χ1n) is 9.91. The van der Waals surface area contributed by atoms with Crippen molar-refractivity contribution >= 4 is 5.52 Å². The largest absolute Gasteiger partial charge is 0.392 e. The number of rotatable bonds is 5. The average Bonchev–Trinajstić information content (AvgIpc) is 3.41. The summed E-state index contributed by atoms with van der Waals surface area (Å²) in [5.74, 6) is 0.285. The van der Waals surface area contributed by atoms with Crippen molar-refractivity contribution in [2.75, 3.05) is 0 Å². The molecule has 2 aromatic carbocycles. The Bertz CT molecular complexity index is 1500. The number of hydrogen-bond acceptors (Lipinski definition) is 6. The molecule has 0 amide bonds. The fraction of sp³-hybridized carbons (Fsp3) is 0.130. The van der Waals surface area contributed by atoms with Gasteiger partial charge in [-0.15, -0.1) is 0 Å². The second kappa shape index (κ2) is 7.86. The van der Waals surface area contributed by atoms with Gasteiger partial charge in [0.05, 0.1) is 12.3 Å². The molecule has 0 fully saturated rings. The predicted molar refractivity (Wildman–Crippen MR) is 114 cm³/mol. The first kappa shape index (κ1) is 19.8. The van der Waals surface area contributed by atoms with Crippen molar-refractivity contribution in [2.24, 2.45) is 0 Å². The van der Waals surface area contributed by atoms with Crippen molar-refractivity contribution in [3.8, 4) is 22.6 Å². The molecule has 0 bridgehead atoms. The molecule has 3 aromatic heterocycles. The lowest BCUT2D eigenvalue weighted by molar-refractivity contribution is 0.283. The molecule has 0 aliphatic rings. The molecule has 3 heterocycles. The van der Waals surface area contributed by atoms with Crippen LogP contribution in [0.3, 0.4) is 0 Å². The van der Waals surface area contributed by atoms with Crippen LogP contribution in [-0.2, 0) is 13.2 Å². The molecule has 160 valence electrons. The summed E-state index contributed by atoms with van der Waals surface area (Å²) in [5, 5.41) is 18.4. The number of fused-ring (bicyclic) bond motifs is 1. The molecular formula is C23H18FN5O3. The molecule has 0 saturated heterocycles. The van der Waals surface area contributed by atoms with Gasteiger partial charge in [-0.2, -0.15) is 10.1 Å². The molecule has 8 nitrogen and oxygen atoms in total. The lowest BCUT2D eigenvalue weighted by Crippen LogP contribution is -2.22. The van der Waals surface area contributed by atoms with Gasteiger partial charge in [0.15, 0.2) is 0 Å². The van der Waals surface area contributed by atoms with Crippen LogP contribution in [0, 0.1) is 12.7 Å². The molecule has 0 spiro atoms. The molecule has 0 atom stereocenters. The zero-order chi connectivity index (χ0) is 22.2. The molecule has 5 rings (SSSR count). The maximum Gasteiger partial charge on any atom is 0.277 e. The zero-order valence-corrected chi connectivity index (χ0v) is 17.1. The monoisotopic (exact) mass is 431 g/mol. The first-order chi connectivity index (χ1) is 15.5. The molecule has 5 aromatic rings. The summed E-state index contributed by atoms with van der Waals surface area (Å²) in [6.45, 7) is 1.59. The standard InChI is InChI=1S/C23H18FN5O3/c1-14-5-2-3-8-17(14)22-25-19(32-27-22)12-28-9-10-29-21(23(28)31)18(13-30)20(26-29)15-6-4-7-16(24)11-15/h2-11,30H,12-13H2,1H3. The Morgan fingerprint density at radius 1 is 1.12 bits per heavy atom. The third kappa shape index (κ3) is 3.38. The van der Waals surface area contributed by atoms with E-state index in [9.17, 15) is 14.3 Å². The minimum absolute atomic E-state index is 0.0551. The third-order valence-electron chi connectivity index (χ3n) is 5.28. The normalized spacial score (nSPS) is 11.3. The summed E-state index contributed by atoms with van der Waals surface area (Å²) >= 11 is 0. The summed E-state index contributed by atoms with van der Waals surface area (Å²) in [6.07, 6.45) is 3.15. The van der Waals surface area contributed by atoms with E-state index in [1.54, 1.807) is 24.5 Å². The quantitative estimate of drug-likeness (QED) is 0.459. The fourth-order valence-corrected chi connectivity index (χ4v) is 3.69. The Labute approximate surface area is 181 Å². The number of aryl methyl sites for hydroxylation is 1. The van der Waals surface area contributed by atoms with Gasteiger partial charge in [0.2, 0.25) is 11.7 Å². The maximum absolute atomic E-state index is 13.7. The Balaban J connectivity index is 1.55. The van der Waals surface area contributed by atoms with Crippen molar-refractivity contribution in [2.45, 2.75) is 20.1 Å². The van der Waals surface area contributed by atoms with Gasteiger partial charge < -0.3 is 14.2 Å². The van der Waals surface area contributed by atoms with Crippen molar-refractivity contribution < 1.29 is 14.0 Å². The maximum atomic E-state index is 13.7. The molecule has 1 N–H and O–H groups in total. The summed E-state index contributed by atoms with van der Waals surface area (Å²) in [7, 11) is 0. The van der Waals surface area contributed by atoms with Gasteiger partial charge >= 0.3 is 0 Å². The molecule has 0 unspecified atom stereocenters. The fourth-order valence-electron chi connectivity index (χ4n) is 3.69. The molecular weight excluding hydrogens is 413 g/mol. The van der Waals surface area contributed by atoms with E-state index in [4.69, 9.17) is 4.52 Å². The van der Waals surface area contributed by atoms with Gasteiger partial charge in [0, 0.05) is 29.1 Å². The van der Waals surface area contributed by atoms with Crippen LogP contribution in [0.15, 0.2) is 70.2 Å². The van der Waals surface area contributed by atoms with Crippen LogP contribution in [0.4, 0.5) is 4.39 Å². The van der Waals surface area contributed by atoms with Crippen molar-refractivity contribution in [1.29, 1.82) is 0 Å². The molecule has 0 aliphatic heterocycles. The highest BCUT2D eigenvalue weighted by Crippen LogP contribution is 2.25. The summed E-state index contributed by atoms with van der Waals surface area (Å²) < 4.78 is 21.8. The van der Waals surface area contributed by atoms with Gasteiger partial charge in [-0.25, -0.2) is 8.91 Å². The minimum Gasteiger partial charge on any atom is -0.392 e. The van der Waals surface area contributed by atoms with E-state index in [0.717, 1.165) is 11.1 Å². The molecule has 32 heavy (non-hydrogen) atoms. The second-order valence-corrected chi connectivity index (χ2v) is 7.35. The number of aliphatic hydroxyl groups excluding tert-OH is 1. The SMILES string of the molecule is Cc1ccccc1-c1noc(Cn2ccn3nc(-c4cccc(F)c4)c(CO)c3c2=O)n1. The van der Waals surface area contributed by atoms with Gasteiger partial charge in [0.25, 0.3) is 5.56 Å². The van der Waals surface area contributed by atoms with Crippen LogP contribution in [0.5, 0.6) is 0 Å². The van der Waals surface area contributed by atoms with E-state index >= 15 is 0 Å². The van der Waals surface area contributed by atoms with Crippen LogP contribution in [0.2, 0.25) is 0 Å². The topological polar surface area (TPSA) is 98.5 Å². The first-order valence-corrected chi connectivity index (χ1v) is 9.91. The van der Waals surface area contributed by atoms with Crippen LogP contribution in [0.1, 0.15) is 17.0 Å². The second-order valence-electron chi connectivity index (χ2n) is 7.35. The average molecular weight is 431 g/mol. The van der Waals surface area contributed by atoms with Crippen molar-refractivity contribution in [3.05, 3.63) is 94.1 Å². The number of halogens is 1. The highest BCUT2D eigenvalue weighted by molar-refractivity contribution is 5.72. The van der Waals surface area contributed by atoms with E-state index < -0.39 is 12.4 Å². The number of aromatic nitrogens is 5. The third-order valence-corrected chi connectivity index (χ3v) is 5.28. The van der Waals surface area contributed by atoms with Crippen LogP contribution in [0.25, 0.3) is 28.2 Å². The molecule has 9 heteroatoms. The molecule has 0 aliphatic carbocycles. The summed E-state index contributed by atoms with van der Waals surface area (Å²) in [5.41, 5.74) is 2.82. The van der Waals surface area contributed by atoms with Crippen molar-refractivity contribution in [3.63, 3.8) is 0 Å². The number of aliphatic hydroxyl groups is 1. The zero-order valence-electron chi connectivity index (χ0n) is 17.1. The van der Waals surface area contributed by atoms with E-state index in [-0.39, 0.29) is 23.5 Å². The van der Waals surface area contributed by atoms with Crippen molar-refractivity contribution in [1.82, 2.24) is 24.3 Å². The smallest absolute Gasteiger partial charge is 0.277 e. The lowest BCUT2D eigenvalue weighted by atomic mass is 10.1. The van der Waals surface area contributed by atoms with E-state index in [1.807, 2.05) is 31.2 Å².